The van der Waals surface area contributed by atoms with Crippen molar-refractivity contribution >= 4 is 5.91 Å². The van der Waals surface area contributed by atoms with Crippen molar-refractivity contribution in [3.63, 3.8) is 0 Å². The Morgan fingerprint density at radius 2 is 1.69 bits per heavy atom. The van der Waals surface area contributed by atoms with Gasteiger partial charge in [-0.2, -0.15) is 0 Å². The Bertz CT molecular complexity index is 902. The number of carbonyl (C=O) groups excluding carboxylic acids is 1. The second kappa shape index (κ2) is 10.6. The van der Waals surface area contributed by atoms with Gasteiger partial charge < -0.3 is 9.73 Å². The third-order valence-electron chi connectivity index (χ3n) is 4.98. The van der Waals surface area contributed by atoms with E-state index in [0.29, 0.717) is 18.8 Å². The molecule has 152 valence electrons. The van der Waals surface area contributed by atoms with Crippen LogP contribution in [0.4, 0.5) is 0 Å². The highest BCUT2D eigenvalue weighted by Gasteiger charge is 2.15. The summed E-state index contributed by atoms with van der Waals surface area (Å²) in [7, 11) is 0. The maximum absolute atomic E-state index is 12.2. The molecule has 4 heteroatoms. The number of carbonyl (C=O) groups is 1. The zero-order valence-electron chi connectivity index (χ0n) is 17.4. The van der Waals surface area contributed by atoms with Crippen molar-refractivity contribution in [2.75, 3.05) is 6.54 Å². The molecule has 1 heterocycles. The highest BCUT2D eigenvalue weighted by Crippen LogP contribution is 2.18. The van der Waals surface area contributed by atoms with Gasteiger partial charge in [-0.3, -0.25) is 9.69 Å². The summed E-state index contributed by atoms with van der Waals surface area (Å²) in [4.78, 5) is 14.6. The van der Waals surface area contributed by atoms with E-state index < -0.39 is 0 Å². The molecule has 2 aromatic carbocycles. The lowest BCUT2D eigenvalue weighted by atomic mass is 10.1. The van der Waals surface area contributed by atoms with Crippen LogP contribution in [0, 0.1) is 6.92 Å². The summed E-state index contributed by atoms with van der Waals surface area (Å²) in [6.07, 6.45) is 2.03. The van der Waals surface area contributed by atoms with E-state index in [0.717, 1.165) is 31.7 Å². The Hall–Kier alpha value is -2.85. The number of amides is 1. The van der Waals surface area contributed by atoms with Gasteiger partial charge >= 0.3 is 0 Å². The minimum absolute atomic E-state index is 0.141. The second-order valence-electron chi connectivity index (χ2n) is 7.43. The monoisotopic (exact) mass is 390 g/mol. The van der Waals surface area contributed by atoms with Gasteiger partial charge in [0, 0.05) is 19.6 Å². The van der Waals surface area contributed by atoms with Gasteiger partial charge in [0.05, 0.1) is 6.54 Å². The number of nitrogens with one attached hydrogen (secondary N) is 1. The normalized spacial score (nSPS) is 11.0. The molecule has 0 bridgehead atoms. The van der Waals surface area contributed by atoms with E-state index in [-0.39, 0.29) is 5.91 Å². The van der Waals surface area contributed by atoms with Crippen LogP contribution >= 0.6 is 0 Å². The fraction of sp³-hybridized carbons (Fsp3) is 0.320. The van der Waals surface area contributed by atoms with E-state index >= 15 is 0 Å². The van der Waals surface area contributed by atoms with Crippen LogP contribution in [0.5, 0.6) is 0 Å². The van der Waals surface area contributed by atoms with Crippen molar-refractivity contribution in [2.45, 2.75) is 46.3 Å². The summed E-state index contributed by atoms with van der Waals surface area (Å²) in [5.41, 5.74) is 3.83. The fourth-order valence-electron chi connectivity index (χ4n) is 3.31. The van der Waals surface area contributed by atoms with Crippen molar-refractivity contribution < 1.29 is 9.21 Å². The van der Waals surface area contributed by atoms with Crippen LogP contribution in [-0.4, -0.2) is 17.4 Å². The molecule has 0 aliphatic rings. The first kappa shape index (κ1) is 20.9. The Labute approximate surface area is 173 Å². The molecule has 1 aromatic heterocycles. The summed E-state index contributed by atoms with van der Waals surface area (Å²) in [6.45, 7) is 7.20. The second-order valence-corrected chi connectivity index (χ2v) is 7.43. The molecule has 0 atom stereocenters. The Morgan fingerprint density at radius 1 is 0.931 bits per heavy atom. The molecule has 4 nitrogen and oxygen atoms in total. The molecular formula is C25H30N2O2. The first-order valence-corrected chi connectivity index (χ1v) is 10.3. The Morgan fingerprint density at radius 3 is 2.45 bits per heavy atom. The molecule has 0 radical (unpaired) electrons. The zero-order chi connectivity index (χ0) is 20.5. The summed E-state index contributed by atoms with van der Waals surface area (Å²) in [6, 6.07) is 22.6. The Balaban J connectivity index is 1.71. The molecule has 3 rings (SSSR count). The summed E-state index contributed by atoms with van der Waals surface area (Å²) in [5, 5.41) is 2.91. The van der Waals surface area contributed by atoms with Crippen LogP contribution in [0.3, 0.4) is 0 Å². The first-order valence-electron chi connectivity index (χ1n) is 10.3. The molecule has 0 fully saturated rings. The molecule has 0 saturated carbocycles. The smallest absolute Gasteiger partial charge is 0.286 e. The number of rotatable bonds is 10. The number of furan rings is 1. The maximum atomic E-state index is 12.2. The number of aryl methyl sites for hydroxylation is 1. The van der Waals surface area contributed by atoms with Crippen LogP contribution < -0.4 is 5.32 Å². The van der Waals surface area contributed by atoms with E-state index in [1.54, 1.807) is 6.07 Å². The fourth-order valence-corrected chi connectivity index (χ4v) is 3.31. The lowest BCUT2D eigenvalue weighted by Crippen LogP contribution is -2.24. The molecule has 29 heavy (non-hydrogen) atoms. The first-order chi connectivity index (χ1) is 14.2. The largest absolute Gasteiger partial charge is 0.455 e. The maximum Gasteiger partial charge on any atom is 0.286 e. The molecule has 3 aromatic rings. The lowest BCUT2D eigenvalue weighted by molar-refractivity contribution is 0.0921. The van der Waals surface area contributed by atoms with Gasteiger partial charge in [0.1, 0.15) is 5.76 Å². The van der Waals surface area contributed by atoms with Crippen molar-refractivity contribution in [1.82, 2.24) is 10.2 Å². The van der Waals surface area contributed by atoms with Crippen LogP contribution in [0.1, 0.15) is 52.8 Å². The summed E-state index contributed by atoms with van der Waals surface area (Å²) >= 11 is 0. The van der Waals surface area contributed by atoms with Gasteiger partial charge in [-0.05, 0) is 42.2 Å². The average Bonchev–Trinajstić information content (AvgIpc) is 3.19. The van der Waals surface area contributed by atoms with E-state index in [1.807, 2.05) is 12.1 Å². The van der Waals surface area contributed by atoms with Crippen molar-refractivity contribution in [1.29, 1.82) is 0 Å². The molecule has 0 aliphatic heterocycles. The summed E-state index contributed by atoms with van der Waals surface area (Å²) < 4.78 is 5.86. The number of benzene rings is 2. The van der Waals surface area contributed by atoms with Crippen LogP contribution in [0.2, 0.25) is 0 Å². The highest BCUT2D eigenvalue weighted by atomic mass is 16.4. The molecule has 0 spiro atoms. The molecule has 0 aliphatic carbocycles. The van der Waals surface area contributed by atoms with Gasteiger partial charge in [0.15, 0.2) is 5.76 Å². The minimum Gasteiger partial charge on any atom is -0.455 e. The SMILES string of the molecule is CCCCNC(=O)c1ccc(CN(Cc2ccccc2)Cc2ccccc2C)o1. The number of hydrogen-bond acceptors (Lipinski definition) is 3. The van der Waals surface area contributed by atoms with Crippen LogP contribution in [0.25, 0.3) is 0 Å². The number of unbranched alkanes of at least 4 members (excludes halogenated alkanes) is 1. The molecule has 0 saturated heterocycles. The van der Waals surface area contributed by atoms with E-state index in [2.05, 4.69) is 72.6 Å². The van der Waals surface area contributed by atoms with Crippen LogP contribution in [-0.2, 0) is 19.6 Å². The zero-order valence-corrected chi connectivity index (χ0v) is 17.4. The van der Waals surface area contributed by atoms with Gasteiger partial charge in [0.25, 0.3) is 5.91 Å². The lowest BCUT2D eigenvalue weighted by Gasteiger charge is -2.22. The highest BCUT2D eigenvalue weighted by molar-refractivity contribution is 5.91. The van der Waals surface area contributed by atoms with E-state index in [9.17, 15) is 4.79 Å². The average molecular weight is 391 g/mol. The van der Waals surface area contributed by atoms with Gasteiger partial charge in [-0.15, -0.1) is 0 Å². The van der Waals surface area contributed by atoms with Gasteiger partial charge in [-0.1, -0.05) is 67.9 Å². The molecule has 1 N–H and O–H groups in total. The quantitative estimate of drug-likeness (QED) is 0.477. The van der Waals surface area contributed by atoms with Crippen LogP contribution in [0.15, 0.2) is 71.1 Å². The minimum atomic E-state index is -0.141. The standard InChI is InChI=1S/C25H30N2O2/c1-3-4-16-26-25(28)24-15-14-23(29-24)19-27(17-21-11-6-5-7-12-21)18-22-13-9-8-10-20(22)2/h5-15H,3-4,16-19H2,1-2H3,(H,26,28). The Kier molecular flexibility index (Phi) is 7.65. The van der Waals surface area contributed by atoms with Crippen molar-refractivity contribution in [3.8, 4) is 0 Å². The van der Waals surface area contributed by atoms with Crippen molar-refractivity contribution in [2.24, 2.45) is 0 Å². The number of nitrogens with zero attached hydrogens (tertiary/aromatic N) is 1. The van der Waals surface area contributed by atoms with Crippen molar-refractivity contribution in [3.05, 3.63) is 94.9 Å². The third kappa shape index (κ3) is 6.33. The topological polar surface area (TPSA) is 45.5 Å². The number of hydrogen-bond donors (Lipinski definition) is 1. The molecule has 1 amide bonds. The predicted molar refractivity (Wildman–Crippen MR) is 117 cm³/mol. The van der Waals surface area contributed by atoms with E-state index in [4.69, 9.17) is 4.42 Å². The molecule has 0 unspecified atom stereocenters. The third-order valence-corrected chi connectivity index (χ3v) is 4.98. The molecular weight excluding hydrogens is 360 g/mol. The van der Waals surface area contributed by atoms with E-state index in [1.165, 1.54) is 16.7 Å². The summed E-state index contributed by atoms with van der Waals surface area (Å²) in [5.74, 6) is 1.04. The van der Waals surface area contributed by atoms with Gasteiger partial charge in [-0.25, -0.2) is 0 Å². The van der Waals surface area contributed by atoms with Gasteiger partial charge in [0.2, 0.25) is 0 Å². The predicted octanol–water partition coefficient (Wildman–Crippen LogP) is 5.32.